The highest BCUT2D eigenvalue weighted by Crippen LogP contribution is 2.60. The molecule has 0 radical (unpaired) electrons. The van der Waals surface area contributed by atoms with Gasteiger partial charge in [0.25, 0.3) is 0 Å². The monoisotopic (exact) mass is 341 g/mol. The van der Waals surface area contributed by atoms with Gasteiger partial charge in [-0.15, -0.1) is 0 Å². The van der Waals surface area contributed by atoms with Crippen LogP contribution in [-0.2, 0) is 5.41 Å². The normalized spacial score (nSPS) is 39.1. The summed E-state index contributed by atoms with van der Waals surface area (Å²) in [5.74, 6) is 3.67. The number of hydrogen-bond acceptors (Lipinski definition) is 3. The molecule has 5 fully saturated rings. The van der Waals surface area contributed by atoms with Gasteiger partial charge in [0.05, 0.1) is 11.9 Å². The van der Waals surface area contributed by atoms with Gasteiger partial charge in [0.2, 0.25) is 4.96 Å². The summed E-state index contributed by atoms with van der Waals surface area (Å²) in [5, 5.41) is 6.30. The van der Waals surface area contributed by atoms with E-state index >= 15 is 0 Å². The molecule has 7 rings (SSSR count). The van der Waals surface area contributed by atoms with Crippen LogP contribution < -0.4 is 0 Å². The van der Waals surface area contributed by atoms with Crippen molar-refractivity contribution in [2.24, 2.45) is 17.8 Å². The van der Waals surface area contributed by atoms with Crippen LogP contribution in [0.25, 0.3) is 4.96 Å². The van der Waals surface area contributed by atoms with Crippen molar-refractivity contribution < 1.29 is 0 Å². The second kappa shape index (κ2) is 5.06. The molecule has 4 bridgehead atoms. The van der Waals surface area contributed by atoms with E-state index in [1.165, 1.54) is 81.3 Å². The molecule has 0 aliphatic heterocycles. The molecule has 0 atom stereocenters. The summed E-state index contributed by atoms with van der Waals surface area (Å²) in [6.45, 7) is 0. The summed E-state index contributed by atoms with van der Waals surface area (Å²) in [5.41, 5.74) is 1.79. The molecular weight excluding hydrogens is 314 g/mol. The molecule has 2 heterocycles. The van der Waals surface area contributed by atoms with Crippen molar-refractivity contribution >= 4 is 16.3 Å². The molecule has 0 N–H and O–H groups in total. The molecule has 4 heteroatoms. The standard InChI is InChI=1S/C20H27N3S/c1-2-4-16(5-3-1)18-22-23-12-17(21-19(23)24-18)20-9-13-6-14(10-20)8-15(7-13)11-20/h12-16H,1-11H2. The summed E-state index contributed by atoms with van der Waals surface area (Å²) in [6, 6.07) is 0. The molecule has 128 valence electrons. The lowest BCUT2D eigenvalue weighted by molar-refractivity contribution is -0.00698. The van der Waals surface area contributed by atoms with E-state index < -0.39 is 0 Å². The van der Waals surface area contributed by atoms with Crippen LogP contribution in [0.2, 0.25) is 0 Å². The molecule has 5 aliphatic carbocycles. The van der Waals surface area contributed by atoms with Gasteiger partial charge in [-0.05, 0) is 69.1 Å². The van der Waals surface area contributed by atoms with Crippen LogP contribution in [0.3, 0.4) is 0 Å². The number of nitrogens with zero attached hydrogens (tertiary/aromatic N) is 3. The largest absolute Gasteiger partial charge is 0.222 e. The highest BCUT2D eigenvalue weighted by atomic mass is 32.1. The van der Waals surface area contributed by atoms with Crippen molar-refractivity contribution in [3.63, 3.8) is 0 Å². The first-order valence-corrected chi connectivity index (χ1v) is 11.0. The van der Waals surface area contributed by atoms with Crippen LogP contribution in [0.4, 0.5) is 0 Å². The van der Waals surface area contributed by atoms with Gasteiger partial charge in [-0.1, -0.05) is 30.6 Å². The Morgan fingerprint density at radius 2 is 1.62 bits per heavy atom. The number of aromatic nitrogens is 3. The van der Waals surface area contributed by atoms with E-state index in [4.69, 9.17) is 10.1 Å². The smallest absolute Gasteiger partial charge is 0.212 e. The number of hydrogen-bond donors (Lipinski definition) is 0. The van der Waals surface area contributed by atoms with Crippen LogP contribution in [0.5, 0.6) is 0 Å². The maximum Gasteiger partial charge on any atom is 0.212 e. The molecule has 0 saturated heterocycles. The summed E-state index contributed by atoms with van der Waals surface area (Å²) < 4.78 is 2.13. The Kier molecular flexibility index (Phi) is 3.01. The maximum absolute atomic E-state index is 5.14. The highest BCUT2D eigenvalue weighted by molar-refractivity contribution is 7.16. The second-order valence-corrected chi connectivity index (χ2v) is 10.3. The average molecular weight is 342 g/mol. The molecule has 2 aromatic heterocycles. The second-order valence-electron chi connectivity index (χ2n) is 9.33. The van der Waals surface area contributed by atoms with Crippen molar-refractivity contribution in [2.75, 3.05) is 0 Å². The molecule has 24 heavy (non-hydrogen) atoms. The zero-order valence-electron chi connectivity index (χ0n) is 14.4. The van der Waals surface area contributed by atoms with Gasteiger partial charge in [0.1, 0.15) is 5.01 Å². The molecule has 2 aromatic rings. The van der Waals surface area contributed by atoms with E-state index in [0.29, 0.717) is 11.3 Å². The van der Waals surface area contributed by atoms with E-state index in [1.54, 1.807) is 0 Å². The molecule has 5 saturated carbocycles. The fourth-order valence-corrected chi connectivity index (χ4v) is 7.96. The Balaban J connectivity index is 1.34. The molecule has 0 spiro atoms. The first-order chi connectivity index (χ1) is 11.8. The minimum absolute atomic E-state index is 0.410. The average Bonchev–Trinajstić information content (AvgIpc) is 3.13. The number of fused-ring (bicyclic) bond motifs is 1. The first-order valence-electron chi connectivity index (χ1n) is 10.1. The Bertz CT molecular complexity index is 700. The van der Waals surface area contributed by atoms with Gasteiger partial charge >= 0.3 is 0 Å². The molecule has 0 aromatic carbocycles. The zero-order chi connectivity index (χ0) is 15.7. The third kappa shape index (κ3) is 2.07. The van der Waals surface area contributed by atoms with Crippen LogP contribution in [-0.4, -0.2) is 14.6 Å². The molecule has 0 amide bonds. The Labute approximate surface area is 147 Å². The minimum Gasteiger partial charge on any atom is -0.222 e. The fraction of sp³-hybridized carbons (Fsp3) is 0.800. The molecular formula is C20H27N3S. The van der Waals surface area contributed by atoms with Gasteiger partial charge in [0, 0.05) is 11.3 Å². The van der Waals surface area contributed by atoms with Crippen molar-refractivity contribution in [1.29, 1.82) is 0 Å². The lowest BCUT2D eigenvalue weighted by atomic mass is 9.49. The molecule has 3 nitrogen and oxygen atoms in total. The van der Waals surface area contributed by atoms with Crippen LogP contribution in [0.1, 0.15) is 87.2 Å². The predicted octanol–water partition coefficient (Wildman–Crippen LogP) is 5.31. The lowest BCUT2D eigenvalue weighted by Gasteiger charge is -2.56. The van der Waals surface area contributed by atoms with Crippen molar-refractivity contribution in [2.45, 2.75) is 82.0 Å². The van der Waals surface area contributed by atoms with E-state index in [-0.39, 0.29) is 0 Å². The van der Waals surface area contributed by atoms with Crippen molar-refractivity contribution in [3.05, 3.63) is 16.9 Å². The van der Waals surface area contributed by atoms with Gasteiger partial charge in [-0.25, -0.2) is 9.50 Å². The highest BCUT2D eigenvalue weighted by Gasteiger charge is 2.52. The first kappa shape index (κ1) is 14.3. The van der Waals surface area contributed by atoms with Crippen LogP contribution in [0, 0.1) is 17.8 Å². The number of rotatable bonds is 2. The van der Waals surface area contributed by atoms with Crippen LogP contribution in [0.15, 0.2) is 6.20 Å². The predicted molar refractivity (Wildman–Crippen MR) is 96.5 cm³/mol. The van der Waals surface area contributed by atoms with E-state index in [9.17, 15) is 0 Å². The molecule has 0 unspecified atom stereocenters. The lowest BCUT2D eigenvalue weighted by Crippen LogP contribution is -2.48. The fourth-order valence-electron chi connectivity index (χ4n) is 6.91. The topological polar surface area (TPSA) is 30.2 Å². The summed E-state index contributed by atoms with van der Waals surface area (Å²) >= 11 is 1.87. The molecule has 5 aliphatic rings. The maximum atomic E-state index is 5.14. The van der Waals surface area contributed by atoms with Gasteiger partial charge < -0.3 is 0 Å². The SMILES string of the molecule is c1c(C23CC4CC(CC(C4)C2)C3)nc2sc(C3CCCCC3)nn12. The Hall–Kier alpha value is -0.900. The number of imidazole rings is 1. The van der Waals surface area contributed by atoms with Gasteiger partial charge in [0.15, 0.2) is 0 Å². The third-order valence-electron chi connectivity index (χ3n) is 7.59. The van der Waals surface area contributed by atoms with Gasteiger partial charge in [-0.3, -0.25) is 0 Å². The quantitative estimate of drug-likeness (QED) is 0.741. The summed E-state index contributed by atoms with van der Waals surface area (Å²) in [6.07, 6.45) is 17.9. The van der Waals surface area contributed by atoms with Crippen molar-refractivity contribution in [1.82, 2.24) is 14.6 Å². The summed E-state index contributed by atoms with van der Waals surface area (Å²) in [4.78, 5) is 6.29. The van der Waals surface area contributed by atoms with Crippen molar-refractivity contribution in [3.8, 4) is 0 Å². The minimum atomic E-state index is 0.410. The summed E-state index contributed by atoms with van der Waals surface area (Å²) in [7, 11) is 0. The Morgan fingerprint density at radius 1 is 0.958 bits per heavy atom. The third-order valence-corrected chi connectivity index (χ3v) is 8.68. The zero-order valence-corrected chi connectivity index (χ0v) is 15.2. The van der Waals surface area contributed by atoms with E-state index in [1.807, 2.05) is 11.3 Å². The van der Waals surface area contributed by atoms with Gasteiger partial charge in [-0.2, -0.15) is 5.10 Å². The Morgan fingerprint density at radius 3 is 2.25 bits per heavy atom. The van der Waals surface area contributed by atoms with Crippen LogP contribution >= 0.6 is 11.3 Å². The van der Waals surface area contributed by atoms with E-state index in [0.717, 1.165) is 22.7 Å². The van der Waals surface area contributed by atoms with E-state index in [2.05, 4.69) is 10.7 Å².